The second kappa shape index (κ2) is 5.00. The zero-order chi connectivity index (χ0) is 14.0. The fraction of sp³-hybridized carbons (Fsp3) is 0.375. The third-order valence-corrected chi connectivity index (χ3v) is 2.94. The van der Waals surface area contributed by atoms with Crippen LogP contribution in [0, 0.1) is 0 Å². The number of hydrogen-bond acceptors (Lipinski definition) is 3. The van der Waals surface area contributed by atoms with Crippen molar-refractivity contribution in [2.24, 2.45) is 0 Å². The van der Waals surface area contributed by atoms with Crippen molar-refractivity contribution in [3.63, 3.8) is 0 Å². The minimum absolute atomic E-state index is 0.197. The average molecular weight is 257 g/mol. The Morgan fingerprint density at radius 3 is 2.68 bits per heavy atom. The lowest BCUT2D eigenvalue weighted by Gasteiger charge is -2.23. The van der Waals surface area contributed by atoms with Gasteiger partial charge in [-0.25, -0.2) is 0 Å². The van der Waals surface area contributed by atoms with Gasteiger partial charge in [-0.15, -0.1) is 0 Å². The average Bonchev–Trinajstić information content (AvgIpc) is 2.35. The first-order valence-electron chi connectivity index (χ1n) is 6.44. The first kappa shape index (κ1) is 13.5. The maximum absolute atomic E-state index is 12.2. The van der Waals surface area contributed by atoms with Gasteiger partial charge < -0.3 is 4.74 Å². The van der Waals surface area contributed by atoms with Gasteiger partial charge in [-0.05, 0) is 44.7 Å². The largest absolute Gasteiger partial charge is 0.460 e. The van der Waals surface area contributed by atoms with E-state index in [1.54, 1.807) is 12.4 Å². The molecule has 1 unspecified atom stereocenters. The lowest BCUT2D eigenvalue weighted by atomic mass is 9.95. The molecule has 0 amide bonds. The summed E-state index contributed by atoms with van der Waals surface area (Å²) in [6.45, 7) is 7.52. The summed E-state index contributed by atoms with van der Waals surface area (Å²) in [5, 5.41) is 2.09. The molecular weight excluding hydrogens is 238 g/mol. The molecule has 100 valence electrons. The molecule has 1 aromatic heterocycles. The van der Waals surface area contributed by atoms with Crippen LogP contribution in [0.5, 0.6) is 0 Å². The van der Waals surface area contributed by atoms with Crippen molar-refractivity contribution in [2.75, 3.05) is 0 Å². The van der Waals surface area contributed by atoms with Gasteiger partial charge >= 0.3 is 5.97 Å². The third kappa shape index (κ3) is 3.11. The second-order valence-electron chi connectivity index (χ2n) is 5.70. The highest BCUT2D eigenvalue weighted by atomic mass is 16.6. The number of ether oxygens (including phenoxy) is 1. The first-order chi connectivity index (χ1) is 8.88. The molecule has 0 spiro atoms. The molecule has 3 nitrogen and oxygen atoms in total. The number of hydrogen-bond donors (Lipinski definition) is 0. The molecule has 1 atom stereocenters. The summed E-state index contributed by atoms with van der Waals surface area (Å²) < 4.78 is 5.45. The van der Waals surface area contributed by atoms with Crippen LogP contribution in [0.25, 0.3) is 10.8 Å². The number of fused-ring (bicyclic) bond motifs is 1. The van der Waals surface area contributed by atoms with Crippen LogP contribution in [0.1, 0.15) is 39.2 Å². The summed E-state index contributed by atoms with van der Waals surface area (Å²) >= 11 is 0. The van der Waals surface area contributed by atoms with Gasteiger partial charge in [0, 0.05) is 17.8 Å². The molecule has 0 fully saturated rings. The normalized spacial score (nSPS) is 13.3. The maximum atomic E-state index is 12.2. The fourth-order valence-corrected chi connectivity index (χ4v) is 2.04. The topological polar surface area (TPSA) is 39.2 Å². The third-order valence-electron chi connectivity index (χ3n) is 2.94. The molecule has 0 bridgehead atoms. The van der Waals surface area contributed by atoms with E-state index in [0.29, 0.717) is 0 Å². The van der Waals surface area contributed by atoms with Crippen LogP contribution >= 0.6 is 0 Å². The van der Waals surface area contributed by atoms with E-state index < -0.39 is 5.60 Å². The Bertz CT molecular complexity index is 594. The first-order valence-corrected chi connectivity index (χ1v) is 6.44. The van der Waals surface area contributed by atoms with Crippen LogP contribution < -0.4 is 0 Å². The Hall–Kier alpha value is -1.90. The van der Waals surface area contributed by atoms with Crippen molar-refractivity contribution in [3.8, 4) is 0 Å². The van der Waals surface area contributed by atoms with Crippen molar-refractivity contribution < 1.29 is 9.53 Å². The molecule has 0 saturated carbocycles. The minimum atomic E-state index is -0.461. The van der Waals surface area contributed by atoms with Crippen LogP contribution in [0.3, 0.4) is 0 Å². The van der Waals surface area contributed by atoms with Gasteiger partial charge in [-0.2, -0.15) is 0 Å². The number of esters is 1. The standard InChI is InChI=1S/C16H19NO2/c1-11(15(18)19-16(2,3)4)13-7-5-6-12-10-17-9-8-14(12)13/h5-11H,1-4H3. The predicted octanol–water partition coefficient (Wildman–Crippen LogP) is 3.68. The lowest BCUT2D eigenvalue weighted by Crippen LogP contribution is -2.26. The van der Waals surface area contributed by atoms with Crippen LogP contribution in [-0.4, -0.2) is 16.6 Å². The Morgan fingerprint density at radius 1 is 1.26 bits per heavy atom. The zero-order valence-electron chi connectivity index (χ0n) is 11.8. The summed E-state index contributed by atoms with van der Waals surface area (Å²) in [6.07, 6.45) is 3.55. The van der Waals surface area contributed by atoms with Crippen LogP contribution in [0.15, 0.2) is 36.7 Å². The van der Waals surface area contributed by atoms with Crippen molar-refractivity contribution >= 4 is 16.7 Å². The van der Waals surface area contributed by atoms with Crippen LogP contribution in [0.4, 0.5) is 0 Å². The van der Waals surface area contributed by atoms with Crippen molar-refractivity contribution in [1.82, 2.24) is 4.98 Å². The van der Waals surface area contributed by atoms with Crippen LogP contribution in [0.2, 0.25) is 0 Å². The highest BCUT2D eigenvalue weighted by molar-refractivity contribution is 5.90. The van der Waals surface area contributed by atoms with Gasteiger partial charge in [0.25, 0.3) is 0 Å². The van der Waals surface area contributed by atoms with Gasteiger partial charge in [0.05, 0.1) is 5.92 Å². The number of carbonyl (C=O) groups is 1. The molecule has 2 rings (SSSR count). The second-order valence-corrected chi connectivity index (χ2v) is 5.70. The Morgan fingerprint density at radius 2 is 2.00 bits per heavy atom. The molecule has 2 aromatic rings. The molecule has 1 aromatic carbocycles. The van der Waals surface area contributed by atoms with Crippen molar-refractivity contribution in [1.29, 1.82) is 0 Å². The van der Waals surface area contributed by atoms with E-state index in [1.807, 2.05) is 52.0 Å². The molecular formula is C16H19NO2. The maximum Gasteiger partial charge on any atom is 0.313 e. The quantitative estimate of drug-likeness (QED) is 0.770. The van der Waals surface area contributed by atoms with E-state index >= 15 is 0 Å². The smallest absolute Gasteiger partial charge is 0.313 e. The van der Waals surface area contributed by atoms with E-state index in [1.165, 1.54) is 0 Å². The van der Waals surface area contributed by atoms with Gasteiger partial charge in [0.15, 0.2) is 0 Å². The Kier molecular flexibility index (Phi) is 3.56. The SMILES string of the molecule is CC(C(=O)OC(C)(C)C)c1cccc2cnccc12. The number of carbonyl (C=O) groups excluding carboxylic acids is 1. The van der Waals surface area contributed by atoms with E-state index in [4.69, 9.17) is 4.74 Å². The van der Waals surface area contributed by atoms with E-state index in [9.17, 15) is 4.79 Å². The highest BCUT2D eigenvalue weighted by Gasteiger charge is 2.23. The summed E-state index contributed by atoms with van der Waals surface area (Å²) in [7, 11) is 0. The van der Waals surface area contributed by atoms with Crippen molar-refractivity contribution in [3.05, 3.63) is 42.2 Å². The van der Waals surface area contributed by atoms with E-state index in [2.05, 4.69) is 4.98 Å². The predicted molar refractivity (Wildman–Crippen MR) is 76.0 cm³/mol. The van der Waals surface area contributed by atoms with E-state index in [0.717, 1.165) is 16.3 Å². The monoisotopic (exact) mass is 257 g/mol. The molecule has 0 N–H and O–H groups in total. The number of aromatic nitrogens is 1. The van der Waals surface area contributed by atoms with Crippen LogP contribution in [-0.2, 0) is 9.53 Å². The van der Waals surface area contributed by atoms with Gasteiger partial charge in [0.2, 0.25) is 0 Å². The zero-order valence-corrected chi connectivity index (χ0v) is 11.8. The number of nitrogens with zero attached hydrogens (tertiary/aromatic N) is 1. The Balaban J connectivity index is 2.36. The minimum Gasteiger partial charge on any atom is -0.460 e. The summed E-state index contributed by atoms with van der Waals surface area (Å²) in [4.78, 5) is 16.3. The van der Waals surface area contributed by atoms with Crippen molar-refractivity contribution in [2.45, 2.75) is 39.2 Å². The molecule has 0 saturated heterocycles. The number of pyridine rings is 1. The molecule has 3 heteroatoms. The number of rotatable bonds is 2. The molecule has 19 heavy (non-hydrogen) atoms. The summed E-state index contributed by atoms with van der Waals surface area (Å²) in [5.74, 6) is -0.484. The molecule has 1 heterocycles. The van der Waals surface area contributed by atoms with Gasteiger partial charge in [0.1, 0.15) is 5.60 Å². The molecule has 0 radical (unpaired) electrons. The molecule has 0 aliphatic rings. The van der Waals surface area contributed by atoms with Gasteiger partial charge in [-0.1, -0.05) is 18.2 Å². The summed E-state index contributed by atoms with van der Waals surface area (Å²) in [5.41, 5.74) is 0.520. The molecule has 0 aliphatic carbocycles. The lowest BCUT2D eigenvalue weighted by molar-refractivity contribution is -0.156. The fourth-order valence-electron chi connectivity index (χ4n) is 2.04. The summed E-state index contributed by atoms with van der Waals surface area (Å²) in [6, 6.07) is 7.84. The molecule has 0 aliphatic heterocycles. The number of benzene rings is 1. The van der Waals surface area contributed by atoms with E-state index in [-0.39, 0.29) is 11.9 Å². The highest BCUT2D eigenvalue weighted by Crippen LogP contribution is 2.27. The Labute approximate surface area is 113 Å². The van der Waals surface area contributed by atoms with Gasteiger partial charge in [-0.3, -0.25) is 9.78 Å².